The number of amides is 1. The lowest BCUT2D eigenvalue weighted by Gasteiger charge is -2.18. The van der Waals surface area contributed by atoms with Crippen molar-refractivity contribution in [1.29, 1.82) is 0 Å². The van der Waals surface area contributed by atoms with Gasteiger partial charge in [0.15, 0.2) is 0 Å². The van der Waals surface area contributed by atoms with E-state index in [1.807, 2.05) is 13.8 Å². The summed E-state index contributed by atoms with van der Waals surface area (Å²) in [6, 6.07) is 3.22. The van der Waals surface area contributed by atoms with Gasteiger partial charge in [-0.3, -0.25) is 4.79 Å². The van der Waals surface area contributed by atoms with Crippen LogP contribution in [-0.2, 0) is 4.79 Å². The first-order chi connectivity index (χ1) is 8.81. The lowest BCUT2D eigenvalue weighted by atomic mass is 10.1. The number of benzene rings is 1. The molecule has 0 saturated carbocycles. The fourth-order valence-electron chi connectivity index (χ4n) is 1.62. The van der Waals surface area contributed by atoms with Crippen LogP contribution in [0, 0.1) is 12.8 Å². The van der Waals surface area contributed by atoms with Gasteiger partial charge in [0.2, 0.25) is 5.91 Å². The second-order valence-electron chi connectivity index (χ2n) is 5.19. The van der Waals surface area contributed by atoms with Gasteiger partial charge in [-0.1, -0.05) is 25.4 Å². The summed E-state index contributed by atoms with van der Waals surface area (Å²) in [6.45, 7) is 8.53. The third-order valence-electron chi connectivity index (χ3n) is 2.79. The zero-order chi connectivity index (χ0) is 14.6. The molecule has 1 atom stereocenters. The molecule has 0 spiro atoms. The molecule has 1 aromatic rings. The van der Waals surface area contributed by atoms with E-state index < -0.39 is 0 Å². The van der Waals surface area contributed by atoms with Crippen molar-refractivity contribution in [3.8, 4) is 0 Å². The topological polar surface area (TPSA) is 67.1 Å². The van der Waals surface area contributed by atoms with Crippen LogP contribution < -0.4 is 16.4 Å². The van der Waals surface area contributed by atoms with Gasteiger partial charge in [0.05, 0.1) is 10.7 Å². The van der Waals surface area contributed by atoms with E-state index in [0.29, 0.717) is 23.2 Å². The van der Waals surface area contributed by atoms with Crippen LogP contribution in [0.2, 0.25) is 5.02 Å². The summed E-state index contributed by atoms with van der Waals surface area (Å²) >= 11 is 5.99. The summed E-state index contributed by atoms with van der Waals surface area (Å²) in [4.78, 5) is 11.9. The van der Waals surface area contributed by atoms with Crippen molar-refractivity contribution in [2.75, 3.05) is 17.6 Å². The Morgan fingerprint density at radius 2 is 2.00 bits per heavy atom. The standard InChI is InChI=1S/C14H22ClN3O/c1-8(2)7-17-14(19)10(4)18-13-6-11(15)12(16)5-9(13)3/h5-6,8,10,18H,7,16H2,1-4H3,(H,17,19). The molecule has 4 N–H and O–H groups in total. The molecule has 1 unspecified atom stereocenters. The Morgan fingerprint density at radius 3 is 2.58 bits per heavy atom. The van der Waals surface area contributed by atoms with Crippen molar-refractivity contribution < 1.29 is 4.79 Å². The van der Waals surface area contributed by atoms with Crippen LogP contribution in [0.4, 0.5) is 11.4 Å². The van der Waals surface area contributed by atoms with Crippen LogP contribution in [0.3, 0.4) is 0 Å². The van der Waals surface area contributed by atoms with E-state index in [-0.39, 0.29) is 11.9 Å². The zero-order valence-electron chi connectivity index (χ0n) is 11.9. The lowest BCUT2D eigenvalue weighted by molar-refractivity contribution is -0.121. The van der Waals surface area contributed by atoms with E-state index in [2.05, 4.69) is 24.5 Å². The molecule has 0 aromatic heterocycles. The monoisotopic (exact) mass is 283 g/mol. The number of nitrogens with one attached hydrogen (secondary N) is 2. The molecule has 0 bridgehead atoms. The average Bonchev–Trinajstić information content (AvgIpc) is 2.32. The van der Waals surface area contributed by atoms with Crippen LogP contribution in [0.1, 0.15) is 26.3 Å². The molecule has 1 rings (SSSR count). The predicted molar refractivity (Wildman–Crippen MR) is 81.5 cm³/mol. The zero-order valence-corrected chi connectivity index (χ0v) is 12.6. The quantitative estimate of drug-likeness (QED) is 0.728. The molecule has 0 radical (unpaired) electrons. The summed E-state index contributed by atoms with van der Waals surface area (Å²) in [7, 11) is 0. The molecule has 4 nitrogen and oxygen atoms in total. The van der Waals surface area contributed by atoms with Crippen molar-refractivity contribution in [3.63, 3.8) is 0 Å². The molecule has 0 heterocycles. The van der Waals surface area contributed by atoms with Gasteiger partial charge < -0.3 is 16.4 Å². The van der Waals surface area contributed by atoms with Crippen molar-refractivity contribution in [1.82, 2.24) is 5.32 Å². The molecule has 5 heteroatoms. The summed E-state index contributed by atoms with van der Waals surface area (Å²) in [5, 5.41) is 6.53. The Bertz CT molecular complexity index is 460. The molecule has 0 aliphatic heterocycles. The molecule has 0 saturated heterocycles. The first-order valence-corrected chi connectivity index (χ1v) is 6.79. The van der Waals surface area contributed by atoms with Gasteiger partial charge in [-0.15, -0.1) is 0 Å². The van der Waals surface area contributed by atoms with Crippen molar-refractivity contribution in [2.45, 2.75) is 33.7 Å². The molecule has 1 amide bonds. The third-order valence-corrected chi connectivity index (χ3v) is 3.12. The minimum atomic E-state index is -0.322. The highest BCUT2D eigenvalue weighted by Crippen LogP contribution is 2.27. The first-order valence-electron chi connectivity index (χ1n) is 6.41. The van der Waals surface area contributed by atoms with Crippen LogP contribution in [-0.4, -0.2) is 18.5 Å². The number of hydrogen-bond donors (Lipinski definition) is 3. The Hall–Kier alpha value is -1.42. The van der Waals surface area contributed by atoms with Crippen molar-refractivity contribution in [2.24, 2.45) is 5.92 Å². The molecule has 0 aliphatic carbocycles. The van der Waals surface area contributed by atoms with E-state index >= 15 is 0 Å². The number of carbonyl (C=O) groups is 1. The molecule has 1 aromatic carbocycles. The number of nitrogen functional groups attached to an aromatic ring is 1. The Kier molecular flexibility index (Phi) is 5.48. The summed E-state index contributed by atoms with van der Waals surface area (Å²) in [5.74, 6) is 0.407. The number of nitrogens with two attached hydrogens (primary N) is 1. The third kappa shape index (κ3) is 4.63. The Balaban J connectivity index is 2.69. The fraction of sp³-hybridized carbons (Fsp3) is 0.500. The van der Waals surface area contributed by atoms with E-state index in [0.717, 1.165) is 11.3 Å². The smallest absolute Gasteiger partial charge is 0.242 e. The van der Waals surface area contributed by atoms with Gasteiger partial charge in [-0.2, -0.15) is 0 Å². The van der Waals surface area contributed by atoms with Gasteiger partial charge in [0, 0.05) is 12.2 Å². The van der Waals surface area contributed by atoms with E-state index in [1.165, 1.54) is 0 Å². The number of hydrogen-bond acceptors (Lipinski definition) is 3. The number of rotatable bonds is 5. The second-order valence-corrected chi connectivity index (χ2v) is 5.60. The maximum atomic E-state index is 11.9. The summed E-state index contributed by atoms with van der Waals surface area (Å²) in [5.41, 5.74) is 8.05. The molecular weight excluding hydrogens is 262 g/mol. The maximum Gasteiger partial charge on any atom is 0.242 e. The predicted octanol–water partition coefficient (Wildman–Crippen LogP) is 2.80. The van der Waals surface area contributed by atoms with Gasteiger partial charge in [0.1, 0.15) is 6.04 Å². The fourth-order valence-corrected chi connectivity index (χ4v) is 1.78. The number of halogens is 1. The molecular formula is C14H22ClN3O. The summed E-state index contributed by atoms with van der Waals surface area (Å²) < 4.78 is 0. The Morgan fingerprint density at radius 1 is 1.37 bits per heavy atom. The van der Waals surface area contributed by atoms with Gasteiger partial charge in [-0.25, -0.2) is 0 Å². The highest BCUT2D eigenvalue weighted by atomic mass is 35.5. The van der Waals surface area contributed by atoms with Crippen molar-refractivity contribution >= 4 is 28.9 Å². The van der Waals surface area contributed by atoms with Crippen LogP contribution in [0.15, 0.2) is 12.1 Å². The summed E-state index contributed by atoms with van der Waals surface area (Å²) in [6.07, 6.45) is 0. The van der Waals surface area contributed by atoms with E-state index in [9.17, 15) is 4.79 Å². The lowest BCUT2D eigenvalue weighted by Crippen LogP contribution is -2.39. The van der Waals surface area contributed by atoms with Crippen LogP contribution >= 0.6 is 11.6 Å². The molecule has 0 fully saturated rings. The van der Waals surface area contributed by atoms with Gasteiger partial charge >= 0.3 is 0 Å². The van der Waals surface area contributed by atoms with Gasteiger partial charge in [-0.05, 0) is 37.5 Å². The highest BCUT2D eigenvalue weighted by molar-refractivity contribution is 6.33. The number of carbonyl (C=O) groups excluding carboxylic acids is 1. The van der Waals surface area contributed by atoms with Gasteiger partial charge in [0.25, 0.3) is 0 Å². The first kappa shape index (κ1) is 15.6. The Labute approximate surface area is 119 Å². The largest absolute Gasteiger partial charge is 0.398 e. The minimum absolute atomic E-state index is 0.0268. The molecule has 106 valence electrons. The van der Waals surface area contributed by atoms with E-state index in [4.69, 9.17) is 17.3 Å². The number of aryl methyl sites for hydroxylation is 1. The molecule has 19 heavy (non-hydrogen) atoms. The second kappa shape index (κ2) is 6.66. The van der Waals surface area contributed by atoms with Crippen LogP contribution in [0.25, 0.3) is 0 Å². The average molecular weight is 284 g/mol. The molecule has 0 aliphatic rings. The SMILES string of the molecule is Cc1cc(N)c(Cl)cc1NC(C)C(=O)NCC(C)C. The van der Waals surface area contributed by atoms with Crippen LogP contribution in [0.5, 0.6) is 0 Å². The van der Waals surface area contributed by atoms with Crippen molar-refractivity contribution in [3.05, 3.63) is 22.7 Å². The number of anilines is 2. The minimum Gasteiger partial charge on any atom is -0.398 e. The van der Waals surface area contributed by atoms with E-state index in [1.54, 1.807) is 12.1 Å². The highest BCUT2D eigenvalue weighted by Gasteiger charge is 2.14. The maximum absolute atomic E-state index is 11.9. The normalized spacial score (nSPS) is 12.3.